The molecule has 0 spiro atoms. The number of nitrogens with one attached hydrogen (secondary N) is 1. The molecule has 1 saturated heterocycles. The first-order valence-electron chi connectivity index (χ1n) is 11.5. The van der Waals surface area contributed by atoms with E-state index in [9.17, 15) is 26.4 Å². The molecule has 0 saturated carbocycles. The molecule has 3 aromatic rings. The Kier molecular flexibility index (Phi) is 7.24. The number of sulfone groups is 1. The second-order valence-corrected chi connectivity index (χ2v) is 11.5. The number of amides is 1. The van der Waals surface area contributed by atoms with E-state index >= 15 is 0 Å². The molecule has 0 radical (unpaired) electrons. The number of hydrogen-bond donors (Lipinski definition) is 2. The summed E-state index contributed by atoms with van der Waals surface area (Å²) in [6, 6.07) is 9.75. The van der Waals surface area contributed by atoms with Gasteiger partial charge in [0.15, 0.2) is 21.5 Å². The molecule has 0 aliphatic carbocycles. The predicted octanol–water partition coefficient (Wildman–Crippen LogP) is 2.98. The Bertz CT molecular complexity index is 1360. The number of aryl methyl sites for hydroxylation is 1. The standard InChI is InChI=1S/C25H27F3N4O3S/c1-32-15-22(16-5-3-2-4-6-16)30-24(32)25(7-9-36(34,35)10-8-25)31-23(33)13-18(29)11-17-12-20(27)21(28)14-19(17)26/h2-6,12,14-15,18H,7-11,13,29H2,1H3,(H,31,33)/t18-/m1/s1. The minimum absolute atomic E-state index is 0.118. The Labute approximate surface area is 207 Å². The van der Waals surface area contributed by atoms with Crippen LogP contribution in [0.15, 0.2) is 48.7 Å². The molecule has 1 aliphatic rings. The van der Waals surface area contributed by atoms with Gasteiger partial charge < -0.3 is 15.6 Å². The second kappa shape index (κ2) is 10.1. The molecule has 36 heavy (non-hydrogen) atoms. The summed E-state index contributed by atoms with van der Waals surface area (Å²) in [5, 5.41) is 2.95. The van der Waals surface area contributed by atoms with Gasteiger partial charge in [-0.25, -0.2) is 26.6 Å². The van der Waals surface area contributed by atoms with Crippen molar-refractivity contribution in [3.63, 3.8) is 0 Å². The largest absolute Gasteiger partial charge is 0.343 e. The number of rotatable bonds is 7. The number of benzene rings is 2. The van der Waals surface area contributed by atoms with Gasteiger partial charge in [0.25, 0.3) is 0 Å². The molecule has 1 amide bonds. The van der Waals surface area contributed by atoms with E-state index < -0.39 is 44.8 Å². The molecule has 4 rings (SSSR count). The van der Waals surface area contributed by atoms with Gasteiger partial charge in [-0.15, -0.1) is 0 Å². The first kappa shape index (κ1) is 25.9. The van der Waals surface area contributed by atoms with E-state index in [1.807, 2.05) is 36.5 Å². The number of hydrogen-bond acceptors (Lipinski definition) is 5. The molecule has 3 N–H and O–H groups in total. The summed E-state index contributed by atoms with van der Waals surface area (Å²) < 4.78 is 66.9. The molecular weight excluding hydrogens is 493 g/mol. The molecule has 192 valence electrons. The van der Waals surface area contributed by atoms with Crippen LogP contribution in [-0.2, 0) is 33.6 Å². The third-order valence-corrected chi connectivity index (χ3v) is 8.10. The monoisotopic (exact) mass is 520 g/mol. The van der Waals surface area contributed by atoms with Gasteiger partial charge in [-0.1, -0.05) is 30.3 Å². The van der Waals surface area contributed by atoms with Crippen LogP contribution < -0.4 is 11.1 Å². The normalized spacial score (nSPS) is 17.5. The number of nitrogens with two attached hydrogens (primary N) is 1. The lowest BCUT2D eigenvalue weighted by molar-refractivity contribution is -0.123. The van der Waals surface area contributed by atoms with Crippen LogP contribution in [0.5, 0.6) is 0 Å². The molecule has 2 heterocycles. The molecule has 1 fully saturated rings. The summed E-state index contributed by atoms with van der Waals surface area (Å²) in [6.07, 6.45) is 1.67. The van der Waals surface area contributed by atoms with E-state index in [2.05, 4.69) is 5.32 Å². The summed E-state index contributed by atoms with van der Waals surface area (Å²) in [5.41, 5.74) is 6.42. The number of halogens is 3. The first-order valence-corrected chi connectivity index (χ1v) is 13.3. The molecule has 0 unspecified atom stereocenters. The summed E-state index contributed by atoms with van der Waals surface area (Å²) >= 11 is 0. The SMILES string of the molecule is Cn1cc(-c2ccccc2)nc1C1(NC(=O)C[C@H](N)Cc2cc(F)c(F)cc2F)CCS(=O)(=O)CC1. The van der Waals surface area contributed by atoms with Crippen LogP contribution in [0, 0.1) is 17.5 Å². The molecule has 1 aromatic heterocycles. The summed E-state index contributed by atoms with van der Waals surface area (Å²) in [7, 11) is -1.47. The third-order valence-electron chi connectivity index (χ3n) is 6.45. The fourth-order valence-electron chi connectivity index (χ4n) is 4.58. The van der Waals surface area contributed by atoms with Gasteiger partial charge in [-0.05, 0) is 30.9 Å². The quantitative estimate of drug-likeness (QED) is 0.466. The maximum Gasteiger partial charge on any atom is 0.222 e. The molecule has 11 heteroatoms. The summed E-state index contributed by atoms with van der Waals surface area (Å²) in [6.45, 7) is 0. The van der Waals surface area contributed by atoms with E-state index in [0.717, 1.165) is 11.6 Å². The zero-order valence-electron chi connectivity index (χ0n) is 19.7. The second-order valence-electron chi connectivity index (χ2n) is 9.23. The topological polar surface area (TPSA) is 107 Å². The lowest BCUT2D eigenvalue weighted by Crippen LogP contribution is -2.53. The maximum atomic E-state index is 14.0. The lowest BCUT2D eigenvalue weighted by Gasteiger charge is -2.37. The minimum atomic E-state index is -3.25. The number of aromatic nitrogens is 2. The Hall–Kier alpha value is -3.18. The van der Waals surface area contributed by atoms with Crippen molar-refractivity contribution in [2.45, 2.75) is 37.3 Å². The van der Waals surface area contributed by atoms with Gasteiger partial charge in [-0.3, -0.25) is 4.79 Å². The van der Waals surface area contributed by atoms with Crippen LogP contribution in [0.3, 0.4) is 0 Å². The summed E-state index contributed by atoms with van der Waals surface area (Å²) in [5.74, 6) is -3.64. The number of carbonyl (C=O) groups excluding carboxylic acids is 1. The Balaban J connectivity index is 1.56. The van der Waals surface area contributed by atoms with Crippen molar-refractivity contribution < 1.29 is 26.4 Å². The smallest absolute Gasteiger partial charge is 0.222 e. The molecule has 1 aliphatic heterocycles. The average Bonchev–Trinajstić information content (AvgIpc) is 3.22. The van der Waals surface area contributed by atoms with Gasteiger partial charge in [0, 0.05) is 37.3 Å². The Morgan fingerprint density at radius 1 is 1.11 bits per heavy atom. The van der Waals surface area contributed by atoms with Crippen LogP contribution >= 0.6 is 0 Å². The minimum Gasteiger partial charge on any atom is -0.343 e. The van der Waals surface area contributed by atoms with Crippen molar-refractivity contribution in [1.82, 2.24) is 14.9 Å². The highest BCUT2D eigenvalue weighted by atomic mass is 32.2. The van der Waals surface area contributed by atoms with E-state index in [0.29, 0.717) is 17.6 Å². The number of imidazole rings is 1. The highest BCUT2D eigenvalue weighted by molar-refractivity contribution is 7.91. The van der Waals surface area contributed by atoms with E-state index in [4.69, 9.17) is 10.7 Å². The van der Waals surface area contributed by atoms with Crippen molar-refractivity contribution in [3.05, 3.63) is 77.5 Å². The molecule has 1 atom stereocenters. The third kappa shape index (κ3) is 5.62. The van der Waals surface area contributed by atoms with Crippen molar-refractivity contribution in [3.8, 4) is 11.3 Å². The molecular formula is C25H27F3N4O3S. The maximum absolute atomic E-state index is 14.0. The van der Waals surface area contributed by atoms with Gasteiger partial charge in [0.05, 0.1) is 22.7 Å². The van der Waals surface area contributed by atoms with Gasteiger partial charge in [0.2, 0.25) is 5.91 Å². The van der Waals surface area contributed by atoms with Crippen LogP contribution in [0.4, 0.5) is 13.2 Å². The van der Waals surface area contributed by atoms with Crippen LogP contribution in [0.1, 0.15) is 30.7 Å². The van der Waals surface area contributed by atoms with Gasteiger partial charge >= 0.3 is 0 Å². The Morgan fingerprint density at radius 3 is 2.42 bits per heavy atom. The highest BCUT2D eigenvalue weighted by Gasteiger charge is 2.43. The highest BCUT2D eigenvalue weighted by Crippen LogP contribution is 2.35. The molecule has 0 bridgehead atoms. The fourth-order valence-corrected chi connectivity index (χ4v) is 6.10. The first-order chi connectivity index (χ1) is 17.0. The predicted molar refractivity (Wildman–Crippen MR) is 129 cm³/mol. The number of nitrogens with zero attached hydrogens (tertiary/aromatic N) is 2. The van der Waals surface area contributed by atoms with Gasteiger partial charge in [0.1, 0.15) is 11.6 Å². The van der Waals surface area contributed by atoms with Crippen molar-refractivity contribution in [2.24, 2.45) is 12.8 Å². The van der Waals surface area contributed by atoms with Crippen LogP contribution in [0.25, 0.3) is 11.3 Å². The van der Waals surface area contributed by atoms with E-state index in [1.54, 1.807) is 11.6 Å². The van der Waals surface area contributed by atoms with Crippen molar-refractivity contribution >= 4 is 15.7 Å². The number of carbonyl (C=O) groups is 1. The molecule has 7 nitrogen and oxygen atoms in total. The Morgan fingerprint density at radius 2 is 1.75 bits per heavy atom. The van der Waals surface area contributed by atoms with Crippen molar-refractivity contribution in [2.75, 3.05) is 11.5 Å². The van der Waals surface area contributed by atoms with E-state index in [-0.39, 0.29) is 42.8 Å². The molecule has 2 aromatic carbocycles. The summed E-state index contributed by atoms with van der Waals surface area (Å²) in [4.78, 5) is 17.8. The lowest BCUT2D eigenvalue weighted by atomic mass is 9.90. The van der Waals surface area contributed by atoms with Gasteiger partial charge in [-0.2, -0.15) is 0 Å². The average molecular weight is 521 g/mol. The van der Waals surface area contributed by atoms with Crippen LogP contribution in [0.2, 0.25) is 0 Å². The zero-order chi connectivity index (χ0) is 26.1. The van der Waals surface area contributed by atoms with Crippen LogP contribution in [-0.4, -0.2) is 41.4 Å². The van der Waals surface area contributed by atoms with Crippen molar-refractivity contribution in [1.29, 1.82) is 0 Å². The fraction of sp³-hybridized carbons (Fsp3) is 0.360. The zero-order valence-corrected chi connectivity index (χ0v) is 20.5. The van der Waals surface area contributed by atoms with E-state index in [1.165, 1.54) is 0 Å².